The van der Waals surface area contributed by atoms with E-state index in [0.29, 0.717) is 32.9 Å². The van der Waals surface area contributed by atoms with Crippen LogP contribution >= 0.6 is 0 Å². The van der Waals surface area contributed by atoms with Gasteiger partial charge in [0.15, 0.2) is 5.43 Å². The van der Waals surface area contributed by atoms with E-state index in [-0.39, 0.29) is 11.2 Å². The summed E-state index contributed by atoms with van der Waals surface area (Å²) in [5, 5.41) is 12.6. The Bertz CT molecular complexity index is 1360. The van der Waals surface area contributed by atoms with Crippen molar-refractivity contribution < 1.29 is 5.11 Å². The Balaban J connectivity index is 2.05. The lowest BCUT2D eigenvalue weighted by Gasteiger charge is -1.99. The fraction of sp³-hybridized carbons (Fsp3) is 0. The topological polar surface area (TPSA) is 66.0 Å². The molecule has 0 saturated carbocycles. The van der Waals surface area contributed by atoms with Crippen LogP contribution in [0.4, 0.5) is 0 Å². The zero-order valence-electron chi connectivity index (χ0n) is 13.7. The number of hydrogen-bond acceptors (Lipinski definition) is 3. The highest BCUT2D eigenvalue weighted by molar-refractivity contribution is 5.90. The fourth-order valence-electron chi connectivity index (χ4n) is 3.35. The van der Waals surface area contributed by atoms with Gasteiger partial charge in [0.1, 0.15) is 5.75 Å². The molecule has 124 valence electrons. The van der Waals surface area contributed by atoms with Crippen molar-refractivity contribution in [1.82, 2.24) is 9.97 Å². The summed E-state index contributed by atoms with van der Waals surface area (Å²) in [6, 6.07) is 13.0. The summed E-state index contributed by atoms with van der Waals surface area (Å²) in [6.07, 6.45) is 9.17. The van der Waals surface area contributed by atoms with Crippen LogP contribution in [0, 0.1) is 0 Å². The largest absolute Gasteiger partial charge is 0.507 e. The van der Waals surface area contributed by atoms with Crippen LogP contribution in [0.15, 0.2) is 53.3 Å². The average Bonchev–Trinajstić information content (AvgIpc) is 3.28. The van der Waals surface area contributed by atoms with Crippen LogP contribution in [0.3, 0.4) is 0 Å². The lowest BCUT2D eigenvalue weighted by molar-refractivity contribution is 0.487. The number of allylic oxidation sites excluding steroid dienone is 1. The predicted octanol–water partition coefficient (Wildman–Crippen LogP) is 3.48. The maximum absolute atomic E-state index is 12.8. The minimum atomic E-state index is -0.0381. The Labute approximate surface area is 148 Å². The van der Waals surface area contributed by atoms with Gasteiger partial charge in [-0.05, 0) is 48.6 Å². The van der Waals surface area contributed by atoms with Crippen molar-refractivity contribution in [2.75, 3.05) is 0 Å². The molecular formula is C22H14N2O2. The first-order chi connectivity index (χ1) is 12.7. The van der Waals surface area contributed by atoms with Crippen LogP contribution < -0.4 is 10.6 Å². The molecule has 3 aromatic rings. The number of aromatic nitrogens is 2. The van der Waals surface area contributed by atoms with Gasteiger partial charge in [0.25, 0.3) is 0 Å². The first-order valence-corrected chi connectivity index (χ1v) is 8.34. The molecule has 2 N–H and O–H groups in total. The zero-order valence-corrected chi connectivity index (χ0v) is 13.7. The third-order valence-corrected chi connectivity index (χ3v) is 4.66. The molecule has 0 atom stereocenters. The van der Waals surface area contributed by atoms with Gasteiger partial charge >= 0.3 is 0 Å². The van der Waals surface area contributed by atoms with E-state index < -0.39 is 0 Å². The normalized spacial score (nSPS) is 12.9. The molecule has 0 saturated heterocycles. The molecule has 0 unspecified atom stereocenters. The Morgan fingerprint density at radius 2 is 1.92 bits per heavy atom. The van der Waals surface area contributed by atoms with E-state index >= 15 is 0 Å². The number of phenols is 1. The predicted molar refractivity (Wildman–Crippen MR) is 106 cm³/mol. The van der Waals surface area contributed by atoms with Gasteiger partial charge in [0.05, 0.1) is 11.4 Å². The number of phenolic OH excluding ortho intramolecular Hbond substituents is 1. The number of nitrogens with one attached hydrogen (secondary N) is 1. The lowest BCUT2D eigenvalue weighted by atomic mass is 10.1. The van der Waals surface area contributed by atoms with Gasteiger partial charge in [0, 0.05) is 32.6 Å². The Morgan fingerprint density at radius 1 is 1.00 bits per heavy atom. The monoisotopic (exact) mass is 338 g/mol. The molecule has 4 heteroatoms. The van der Waals surface area contributed by atoms with Crippen molar-refractivity contribution in [2.45, 2.75) is 0 Å². The number of aromatic hydroxyl groups is 1. The van der Waals surface area contributed by atoms with Crippen LogP contribution in [0.2, 0.25) is 0 Å². The molecule has 3 heterocycles. The smallest absolute Gasteiger partial charge is 0.195 e. The highest BCUT2D eigenvalue weighted by Crippen LogP contribution is 2.28. The van der Waals surface area contributed by atoms with E-state index in [1.165, 1.54) is 0 Å². The molecule has 26 heavy (non-hydrogen) atoms. The van der Waals surface area contributed by atoms with Crippen molar-refractivity contribution in [1.29, 1.82) is 0 Å². The van der Waals surface area contributed by atoms with Crippen LogP contribution in [-0.2, 0) is 0 Å². The summed E-state index contributed by atoms with van der Waals surface area (Å²) < 4.78 is 0. The quantitative estimate of drug-likeness (QED) is 0.516. The van der Waals surface area contributed by atoms with E-state index in [1.54, 1.807) is 12.1 Å². The number of benzene rings is 1. The number of fused-ring (bicyclic) bond motifs is 10. The van der Waals surface area contributed by atoms with Gasteiger partial charge in [-0.3, -0.25) is 4.79 Å². The van der Waals surface area contributed by atoms with E-state index in [1.807, 2.05) is 60.7 Å². The third-order valence-electron chi connectivity index (χ3n) is 4.66. The highest BCUT2D eigenvalue weighted by Gasteiger charge is 2.08. The first kappa shape index (κ1) is 14.7. The number of aromatic amines is 1. The molecule has 1 aromatic carbocycles. The number of para-hydroxylation sites is 1. The molecule has 0 amide bonds. The Hall–Kier alpha value is -3.66. The summed E-state index contributed by atoms with van der Waals surface area (Å²) in [4.78, 5) is 20.7. The summed E-state index contributed by atoms with van der Waals surface area (Å²) >= 11 is 0. The van der Waals surface area contributed by atoms with Crippen LogP contribution in [0.25, 0.3) is 46.1 Å². The molecule has 0 fully saturated rings. The zero-order chi connectivity index (χ0) is 17.7. The summed E-state index contributed by atoms with van der Waals surface area (Å²) in [6.45, 7) is 0. The molecule has 2 aromatic heterocycles. The van der Waals surface area contributed by atoms with E-state index in [0.717, 1.165) is 11.0 Å². The van der Waals surface area contributed by atoms with Gasteiger partial charge in [0.2, 0.25) is 0 Å². The molecule has 8 bridgehead atoms. The second kappa shape index (κ2) is 5.43. The van der Waals surface area contributed by atoms with Gasteiger partial charge in [-0.15, -0.1) is 0 Å². The molecule has 1 aliphatic heterocycles. The number of H-pyrrole nitrogens is 1. The molecule has 0 radical (unpaired) electrons. The van der Waals surface area contributed by atoms with E-state index in [9.17, 15) is 9.90 Å². The highest BCUT2D eigenvalue weighted by atomic mass is 16.3. The van der Waals surface area contributed by atoms with Gasteiger partial charge < -0.3 is 10.1 Å². The summed E-state index contributed by atoms with van der Waals surface area (Å²) in [7, 11) is 0. The van der Waals surface area contributed by atoms with Crippen molar-refractivity contribution in [3.63, 3.8) is 0 Å². The van der Waals surface area contributed by atoms with Crippen LogP contribution in [0.1, 0.15) is 17.0 Å². The van der Waals surface area contributed by atoms with Crippen molar-refractivity contribution >= 4 is 46.1 Å². The second-order valence-corrected chi connectivity index (χ2v) is 6.34. The summed E-state index contributed by atoms with van der Waals surface area (Å²) in [5.41, 5.74) is 3.50. The lowest BCUT2D eigenvalue weighted by Crippen LogP contribution is -2.26. The molecule has 1 aliphatic carbocycles. The Morgan fingerprint density at radius 3 is 2.85 bits per heavy atom. The average molecular weight is 338 g/mol. The number of nitrogens with zero attached hydrogens (tertiary/aromatic N) is 1. The van der Waals surface area contributed by atoms with Crippen LogP contribution in [0.5, 0.6) is 5.75 Å². The first-order valence-electron chi connectivity index (χ1n) is 8.34. The Kier molecular flexibility index (Phi) is 3.06. The molecule has 4 nitrogen and oxygen atoms in total. The second-order valence-electron chi connectivity index (χ2n) is 6.34. The maximum Gasteiger partial charge on any atom is 0.195 e. The maximum atomic E-state index is 12.8. The SMILES string of the molecule is O=c1c2c3ccc(cc4cccc(c5nc(cc1=CC=C2)C=C5)c4O)[nH]3. The number of hydrogen-bond donors (Lipinski definition) is 2. The van der Waals surface area contributed by atoms with Gasteiger partial charge in [-0.25, -0.2) is 4.98 Å². The van der Waals surface area contributed by atoms with Gasteiger partial charge in [-0.2, -0.15) is 0 Å². The van der Waals surface area contributed by atoms with E-state index in [4.69, 9.17) is 0 Å². The minimum Gasteiger partial charge on any atom is -0.507 e. The third kappa shape index (κ3) is 2.24. The van der Waals surface area contributed by atoms with Crippen molar-refractivity contribution in [3.05, 3.63) is 80.9 Å². The number of rotatable bonds is 0. The van der Waals surface area contributed by atoms with Crippen molar-refractivity contribution in [2.24, 2.45) is 0 Å². The van der Waals surface area contributed by atoms with E-state index in [2.05, 4.69) is 9.97 Å². The minimum absolute atomic E-state index is 0.0381. The summed E-state index contributed by atoms with van der Waals surface area (Å²) in [5.74, 6) is 0.188. The molecule has 5 rings (SSSR count). The fourth-order valence-corrected chi connectivity index (χ4v) is 3.35. The van der Waals surface area contributed by atoms with Crippen LogP contribution in [-0.4, -0.2) is 15.1 Å². The molecule has 0 spiro atoms. The van der Waals surface area contributed by atoms with Gasteiger partial charge in [-0.1, -0.05) is 24.3 Å². The van der Waals surface area contributed by atoms with Crippen molar-refractivity contribution in [3.8, 4) is 5.75 Å². The molecule has 2 aliphatic rings. The molecular weight excluding hydrogens is 324 g/mol. The standard InChI is InChI=1S/C22H14N2O2/c25-21-13-3-1-5-17(21)19-9-7-16(23-19)12-14-4-2-6-18(22(14)26)20-10-8-15(11-13)24-20/h1-12,23,26H.